The number of morpholine rings is 1. The Hall–Kier alpha value is -1.69. The van der Waals surface area contributed by atoms with Gasteiger partial charge in [-0.05, 0) is 25.7 Å². The van der Waals surface area contributed by atoms with Crippen LogP contribution in [-0.4, -0.2) is 60.2 Å². The lowest BCUT2D eigenvalue weighted by Gasteiger charge is -2.34. The van der Waals surface area contributed by atoms with Gasteiger partial charge in [0.25, 0.3) is 0 Å². The molecule has 6 nitrogen and oxygen atoms in total. The highest BCUT2D eigenvalue weighted by Gasteiger charge is 2.27. The molecular weight excluding hydrogens is 316 g/mol. The molecule has 2 aliphatic heterocycles. The fourth-order valence-corrected chi connectivity index (χ4v) is 3.66. The normalized spacial score (nSPS) is 21.7. The van der Waals surface area contributed by atoms with E-state index in [9.17, 15) is 4.79 Å². The average Bonchev–Trinajstić information content (AvgIpc) is 2.61. The zero-order valence-corrected chi connectivity index (χ0v) is 15.7. The van der Waals surface area contributed by atoms with E-state index in [0.29, 0.717) is 18.3 Å². The van der Waals surface area contributed by atoms with Crippen LogP contribution in [0.3, 0.4) is 0 Å². The Kier molecular flexibility index (Phi) is 5.89. The molecule has 0 aromatic carbocycles. The van der Waals surface area contributed by atoms with Crippen LogP contribution < -0.4 is 4.90 Å². The van der Waals surface area contributed by atoms with Crippen LogP contribution in [-0.2, 0) is 9.53 Å². The monoisotopic (exact) mass is 346 g/mol. The first-order valence-corrected chi connectivity index (χ1v) is 9.49. The molecule has 1 aromatic heterocycles. The van der Waals surface area contributed by atoms with Crippen molar-refractivity contribution in [3.63, 3.8) is 0 Å². The van der Waals surface area contributed by atoms with Gasteiger partial charge in [0.05, 0.1) is 18.9 Å². The van der Waals surface area contributed by atoms with Gasteiger partial charge in [-0.3, -0.25) is 4.79 Å². The molecular formula is C19H30N4O2. The molecule has 6 heteroatoms. The third kappa shape index (κ3) is 4.69. The summed E-state index contributed by atoms with van der Waals surface area (Å²) in [6, 6.07) is 2.12. The number of ether oxygens (including phenoxy) is 1. The molecule has 1 amide bonds. The van der Waals surface area contributed by atoms with E-state index in [2.05, 4.69) is 29.8 Å². The van der Waals surface area contributed by atoms with Crippen LogP contribution >= 0.6 is 0 Å². The second-order valence-corrected chi connectivity index (χ2v) is 7.57. The summed E-state index contributed by atoms with van der Waals surface area (Å²) in [5.41, 5.74) is 1.08. The quantitative estimate of drug-likeness (QED) is 0.838. The Morgan fingerprint density at radius 2 is 2.04 bits per heavy atom. The van der Waals surface area contributed by atoms with E-state index in [1.54, 1.807) is 0 Å². The van der Waals surface area contributed by atoms with E-state index in [-0.39, 0.29) is 5.91 Å². The van der Waals surface area contributed by atoms with Crippen LogP contribution in [0.2, 0.25) is 0 Å². The molecule has 0 saturated carbocycles. The molecule has 0 unspecified atom stereocenters. The second-order valence-electron chi connectivity index (χ2n) is 7.57. The maximum absolute atomic E-state index is 12.4. The lowest BCUT2D eigenvalue weighted by Crippen LogP contribution is -2.40. The van der Waals surface area contributed by atoms with E-state index in [1.807, 2.05) is 11.8 Å². The third-order valence-corrected chi connectivity index (χ3v) is 4.95. The minimum absolute atomic E-state index is 0.277. The fraction of sp³-hybridized carbons (Fsp3) is 0.737. The Labute approximate surface area is 150 Å². The Balaban J connectivity index is 1.74. The van der Waals surface area contributed by atoms with Crippen LogP contribution in [0.25, 0.3) is 0 Å². The van der Waals surface area contributed by atoms with Crippen LogP contribution in [0.1, 0.15) is 50.5 Å². The van der Waals surface area contributed by atoms with Crippen molar-refractivity contribution in [2.75, 3.05) is 44.3 Å². The topological polar surface area (TPSA) is 58.6 Å². The van der Waals surface area contributed by atoms with Crippen molar-refractivity contribution in [3.8, 4) is 0 Å². The van der Waals surface area contributed by atoms with Crippen molar-refractivity contribution in [1.82, 2.24) is 14.9 Å². The van der Waals surface area contributed by atoms with Gasteiger partial charge < -0.3 is 14.5 Å². The van der Waals surface area contributed by atoms with Crippen LogP contribution in [0, 0.1) is 12.8 Å². The van der Waals surface area contributed by atoms with E-state index >= 15 is 0 Å². The fourth-order valence-electron chi connectivity index (χ4n) is 3.66. The molecule has 3 rings (SSSR count). The summed E-state index contributed by atoms with van der Waals surface area (Å²) >= 11 is 0. The molecule has 2 aliphatic rings. The Morgan fingerprint density at radius 3 is 2.76 bits per heavy atom. The lowest BCUT2D eigenvalue weighted by molar-refractivity contribution is -0.133. The maximum Gasteiger partial charge on any atom is 0.222 e. The molecule has 0 bridgehead atoms. The largest absolute Gasteiger partial charge is 0.378 e. The summed E-state index contributed by atoms with van der Waals surface area (Å²) in [7, 11) is 0. The minimum Gasteiger partial charge on any atom is -0.378 e. The Bertz CT molecular complexity index is 599. The van der Waals surface area contributed by atoms with E-state index in [4.69, 9.17) is 9.72 Å². The van der Waals surface area contributed by atoms with Crippen molar-refractivity contribution in [2.24, 2.45) is 5.92 Å². The van der Waals surface area contributed by atoms with Crippen LogP contribution in [0.15, 0.2) is 6.07 Å². The first kappa shape index (κ1) is 18.1. The van der Waals surface area contributed by atoms with Gasteiger partial charge >= 0.3 is 0 Å². The molecule has 0 aliphatic carbocycles. The molecule has 0 N–H and O–H groups in total. The van der Waals surface area contributed by atoms with Crippen LogP contribution in [0.5, 0.6) is 0 Å². The van der Waals surface area contributed by atoms with Crippen molar-refractivity contribution >= 4 is 11.7 Å². The second kappa shape index (κ2) is 8.13. The Morgan fingerprint density at radius 1 is 1.28 bits per heavy atom. The number of hydrogen-bond acceptors (Lipinski definition) is 5. The highest BCUT2D eigenvalue weighted by Crippen LogP contribution is 2.28. The van der Waals surface area contributed by atoms with Crippen molar-refractivity contribution in [3.05, 3.63) is 17.6 Å². The molecule has 0 radical (unpaired) electrons. The first-order valence-electron chi connectivity index (χ1n) is 9.49. The van der Waals surface area contributed by atoms with E-state index in [0.717, 1.165) is 69.6 Å². The smallest absolute Gasteiger partial charge is 0.222 e. The predicted molar refractivity (Wildman–Crippen MR) is 97.8 cm³/mol. The molecule has 2 fully saturated rings. The summed E-state index contributed by atoms with van der Waals surface area (Å²) in [5, 5.41) is 0. The van der Waals surface area contributed by atoms with Crippen molar-refractivity contribution in [1.29, 1.82) is 0 Å². The van der Waals surface area contributed by atoms with Gasteiger partial charge in [0.1, 0.15) is 11.6 Å². The first-order chi connectivity index (χ1) is 12.0. The molecule has 2 saturated heterocycles. The number of rotatable bonds is 4. The van der Waals surface area contributed by atoms with E-state index in [1.165, 1.54) is 0 Å². The number of aryl methyl sites for hydroxylation is 1. The molecule has 3 heterocycles. The minimum atomic E-state index is 0.277. The van der Waals surface area contributed by atoms with Gasteiger partial charge in [-0.25, -0.2) is 9.97 Å². The van der Waals surface area contributed by atoms with Crippen LogP contribution in [0.4, 0.5) is 5.82 Å². The van der Waals surface area contributed by atoms with Crippen molar-refractivity contribution in [2.45, 2.75) is 46.0 Å². The van der Waals surface area contributed by atoms with Gasteiger partial charge in [0.2, 0.25) is 5.91 Å². The standard InChI is InChI=1S/C19H30N4O2/c1-14(2)11-19(24)23-6-4-5-16(13-23)17-12-18(21-15(3)20-17)22-7-9-25-10-8-22/h12,14,16H,4-11,13H2,1-3H3/t16-/m0/s1. The number of aromatic nitrogens is 2. The highest BCUT2D eigenvalue weighted by atomic mass is 16.5. The number of carbonyl (C=O) groups is 1. The zero-order valence-electron chi connectivity index (χ0n) is 15.7. The van der Waals surface area contributed by atoms with Crippen molar-refractivity contribution < 1.29 is 9.53 Å². The summed E-state index contributed by atoms with van der Waals surface area (Å²) in [6.07, 6.45) is 2.77. The number of amides is 1. The third-order valence-electron chi connectivity index (χ3n) is 4.95. The molecule has 1 atom stereocenters. The summed E-state index contributed by atoms with van der Waals surface area (Å²) in [6.45, 7) is 11.1. The lowest BCUT2D eigenvalue weighted by atomic mass is 9.93. The number of carbonyl (C=O) groups excluding carboxylic acids is 1. The van der Waals surface area contributed by atoms with Gasteiger partial charge in [-0.2, -0.15) is 0 Å². The summed E-state index contributed by atoms with van der Waals surface area (Å²) < 4.78 is 5.44. The molecule has 138 valence electrons. The average molecular weight is 346 g/mol. The van der Waals surface area contributed by atoms with Gasteiger partial charge in [0, 0.05) is 44.6 Å². The molecule has 1 aromatic rings. The number of likely N-dealkylation sites (tertiary alicyclic amines) is 1. The number of hydrogen-bond donors (Lipinski definition) is 0. The highest BCUT2D eigenvalue weighted by molar-refractivity contribution is 5.76. The molecule has 0 spiro atoms. The van der Waals surface area contributed by atoms with E-state index < -0.39 is 0 Å². The van der Waals surface area contributed by atoms with Gasteiger partial charge in [0.15, 0.2) is 0 Å². The predicted octanol–water partition coefficient (Wildman–Crippen LogP) is 2.37. The van der Waals surface area contributed by atoms with Gasteiger partial charge in [-0.15, -0.1) is 0 Å². The number of anilines is 1. The SMILES string of the molecule is Cc1nc([C@H]2CCCN(C(=O)CC(C)C)C2)cc(N2CCOCC2)n1. The number of nitrogens with zero attached hydrogens (tertiary/aromatic N) is 4. The zero-order chi connectivity index (χ0) is 17.8. The van der Waals surface area contributed by atoms with Gasteiger partial charge in [-0.1, -0.05) is 13.8 Å². The number of piperidine rings is 1. The molecule has 25 heavy (non-hydrogen) atoms. The summed E-state index contributed by atoms with van der Waals surface area (Å²) in [5.74, 6) is 2.80. The summed E-state index contributed by atoms with van der Waals surface area (Å²) in [4.78, 5) is 26.1. The maximum atomic E-state index is 12.4.